The highest BCUT2D eigenvalue weighted by Crippen LogP contribution is 2.41. The van der Waals surface area contributed by atoms with E-state index in [1.165, 1.54) is 11.2 Å². The van der Waals surface area contributed by atoms with Crippen molar-refractivity contribution in [1.29, 1.82) is 0 Å². The zero-order valence-electron chi connectivity index (χ0n) is 16.8. The van der Waals surface area contributed by atoms with Crippen molar-refractivity contribution >= 4 is 15.9 Å². The standard InChI is InChI=1S/C21H26N2O5S/c1-15(24)22-14-16-6-9-18(10-7-16)29(25,26)23-12-4-5-20(23)19-13-17(27-2)8-11-21(19)28-3/h6-11,13,20H,4-5,12,14H2,1-3H3,(H,22,24). The number of hydrogen-bond donors (Lipinski definition) is 1. The summed E-state index contributed by atoms with van der Waals surface area (Å²) in [5.74, 6) is 1.17. The molecule has 3 rings (SSSR count). The summed E-state index contributed by atoms with van der Waals surface area (Å²) in [6.45, 7) is 2.25. The Balaban J connectivity index is 1.89. The van der Waals surface area contributed by atoms with Crippen LogP contribution in [0.4, 0.5) is 0 Å². The van der Waals surface area contributed by atoms with Crippen LogP contribution in [0.25, 0.3) is 0 Å². The molecule has 0 radical (unpaired) electrons. The smallest absolute Gasteiger partial charge is 0.243 e. The molecule has 1 fully saturated rings. The van der Waals surface area contributed by atoms with Crippen molar-refractivity contribution in [3.63, 3.8) is 0 Å². The monoisotopic (exact) mass is 418 g/mol. The highest BCUT2D eigenvalue weighted by atomic mass is 32.2. The number of carbonyl (C=O) groups excluding carboxylic acids is 1. The van der Waals surface area contributed by atoms with Gasteiger partial charge in [-0.05, 0) is 48.7 Å². The predicted octanol–water partition coefficient (Wildman–Crippen LogP) is 2.87. The van der Waals surface area contributed by atoms with Crippen LogP contribution in [0.1, 0.15) is 36.9 Å². The molecular weight excluding hydrogens is 392 g/mol. The van der Waals surface area contributed by atoms with Gasteiger partial charge in [-0.2, -0.15) is 4.31 Å². The number of sulfonamides is 1. The van der Waals surface area contributed by atoms with Crippen LogP contribution in [0.3, 0.4) is 0 Å². The van der Waals surface area contributed by atoms with Crippen molar-refractivity contribution in [3.8, 4) is 11.5 Å². The fourth-order valence-electron chi connectivity index (χ4n) is 3.58. The van der Waals surface area contributed by atoms with Crippen LogP contribution < -0.4 is 14.8 Å². The molecule has 1 saturated heterocycles. The molecule has 8 heteroatoms. The van der Waals surface area contributed by atoms with E-state index in [1.54, 1.807) is 50.6 Å². The van der Waals surface area contributed by atoms with E-state index in [0.717, 1.165) is 17.5 Å². The fourth-order valence-corrected chi connectivity index (χ4v) is 5.25. The molecule has 7 nitrogen and oxygen atoms in total. The van der Waals surface area contributed by atoms with Gasteiger partial charge in [0.1, 0.15) is 11.5 Å². The van der Waals surface area contributed by atoms with Crippen LogP contribution in [0.2, 0.25) is 0 Å². The molecule has 1 heterocycles. The van der Waals surface area contributed by atoms with Crippen LogP contribution >= 0.6 is 0 Å². The van der Waals surface area contributed by atoms with Crippen molar-refractivity contribution in [2.45, 2.75) is 37.2 Å². The lowest BCUT2D eigenvalue weighted by Gasteiger charge is -2.26. The number of amides is 1. The first-order valence-corrected chi connectivity index (χ1v) is 10.9. The Morgan fingerprint density at radius 1 is 1.14 bits per heavy atom. The second kappa shape index (κ2) is 8.84. The minimum atomic E-state index is -3.68. The maximum atomic E-state index is 13.3. The van der Waals surface area contributed by atoms with Crippen molar-refractivity contribution in [2.75, 3.05) is 20.8 Å². The minimum absolute atomic E-state index is 0.131. The van der Waals surface area contributed by atoms with Crippen LogP contribution in [0, 0.1) is 0 Å². The molecule has 1 aliphatic rings. The van der Waals surface area contributed by atoms with Gasteiger partial charge < -0.3 is 14.8 Å². The summed E-state index contributed by atoms with van der Waals surface area (Å²) < 4.78 is 39.0. The Kier molecular flexibility index (Phi) is 6.44. The zero-order chi connectivity index (χ0) is 21.0. The quantitative estimate of drug-likeness (QED) is 0.747. The van der Waals surface area contributed by atoms with Crippen molar-refractivity contribution in [3.05, 3.63) is 53.6 Å². The Hall–Kier alpha value is -2.58. The Morgan fingerprint density at radius 3 is 2.48 bits per heavy atom. The van der Waals surface area contributed by atoms with E-state index in [2.05, 4.69) is 5.32 Å². The number of methoxy groups -OCH3 is 2. The first kappa shape index (κ1) is 21.1. The van der Waals surface area contributed by atoms with Crippen LogP contribution in [-0.2, 0) is 21.4 Å². The molecule has 0 saturated carbocycles. The lowest BCUT2D eigenvalue weighted by Crippen LogP contribution is -2.31. The molecule has 1 N–H and O–H groups in total. The van der Waals surface area contributed by atoms with E-state index in [4.69, 9.17) is 9.47 Å². The average Bonchev–Trinajstić information content (AvgIpc) is 3.22. The summed E-state index contributed by atoms with van der Waals surface area (Å²) >= 11 is 0. The third-order valence-electron chi connectivity index (χ3n) is 5.07. The Bertz CT molecular complexity index is 973. The SMILES string of the molecule is COc1ccc(OC)c(C2CCCN2S(=O)(=O)c2ccc(CNC(C)=O)cc2)c1. The molecule has 0 bridgehead atoms. The molecule has 1 aliphatic heterocycles. The third kappa shape index (κ3) is 4.54. The molecule has 29 heavy (non-hydrogen) atoms. The topological polar surface area (TPSA) is 84.9 Å². The Labute approximate surface area is 171 Å². The van der Waals surface area contributed by atoms with Gasteiger partial charge in [-0.15, -0.1) is 0 Å². The van der Waals surface area contributed by atoms with Crippen LogP contribution in [0.15, 0.2) is 47.4 Å². The number of hydrogen-bond acceptors (Lipinski definition) is 5. The second-order valence-electron chi connectivity index (χ2n) is 6.94. The van der Waals surface area contributed by atoms with Gasteiger partial charge in [0.2, 0.25) is 15.9 Å². The summed E-state index contributed by atoms with van der Waals surface area (Å²) in [7, 11) is -0.522. The van der Waals surface area contributed by atoms with Crippen molar-refractivity contribution < 1.29 is 22.7 Å². The molecule has 2 aromatic carbocycles. The highest BCUT2D eigenvalue weighted by molar-refractivity contribution is 7.89. The van der Waals surface area contributed by atoms with Gasteiger partial charge in [-0.1, -0.05) is 12.1 Å². The molecule has 1 unspecified atom stereocenters. The summed E-state index contributed by atoms with van der Waals surface area (Å²) in [4.78, 5) is 11.3. The van der Waals surface area contributed by atoms with Gasteiger partial charge in [-0.25, -0.2) is 8.42 Å². The van der Waals surface area contributed by atoms with E-state index >= 15 is 0 Å². The van der Waals surface area contributed by atoms with E-state index in [0.29, 0.717) is 31.0 Å². The number of benzene rings is 2. The van der Waals surface area contributed by atoms with Gasteiger partial charge in [0.05, 0.1) is 25.2 Å². The summed E-state index contributed by atoms with van der Waals surface area (Å²) in [6.07, 6.45) is 1.48. The summed E-state index contributed by atoms with van der Waals surface area (Å²) in [5.41, 5.74) is 1.64. The van der Waals surface area contributed by atoms with Crippen LogP contribution in [-0.4, -0.2) is 39.4 Å². The lowest BCUT2D eigenvalue weighted by atomic mass is 10.0. The van der Waals surface area contributed by atoms with E-state index in [-0.39, 0.29) is 16.8 Å². The number of ether oxygens (including phenoxy) is 2. The molecular formula is C21H26N2O5S. The van der Waals surface area contributed by atoms with E-state index < -0.39 is 10.0 Å². The summed E-state index contributed by atoms with van der Waals surface area (Å²) in [6, 6.07) is 11.7. The zero-order valence-corrected chi connectivity index (χ0v) is 17.7. The first-order chi connectivity index (χ1) is 13.9. The maximum absolute atomic E-state index is 13.3. The molecule has 0 aromatic heterocycles. The normalized spacial score (nSPS) is 17.1. The largest absolute Gasteiger partial charge is 0.497 e. The van der Waals surface area contributed by atoms with E-state index in [9.17, 15) is 13.2 Å². The predicted molar refractivity (Wildman–Crippen MR) is 109 cm³/mol. The lowest BCUT2D eigenvalue weighted by molar-refractivity contribution is -0.119. The number of nitrogens with zero attached hydrogens (tertiary/aromatic N) is 1. The molecule has 1 amide bonds. The third-order valence-corrected chi connectivity index (χ3v) is 6.99. The van der Waals surface area contributed by atoms with Crippen LogP contribution in [0.5, 0.6) is 11.5 Å². The molecule has 0 aliphatic carbocycles. The number of carbonyl (C=O) groups is 1. The molecule has 1 atom stereocenters. The van der Waals surface area contributed by atoms with Crippen molar-refractivity contribution in [2.24, 2.45) is 0 Å². The average molecular weight is 419 g/mol. The van der Waals surface area contributed by atoms with Gasteiger partial charge >= 0.3 is 0 Å². The summed E-state index contributed by atoms with van der Waals surface area (Å²) in [5, 5.41) is 2.70. The van der Waals surface area contributed by atoms with Gasteiger partial charge in [-0.3, -0.25) is 4.79 Å². The molecule has 0 spiro atoms. The highest BCUT2D eigenvalue weighted by Gasteiger charge is 2.37. The van der Waals surface area contributed by atoms with Gasteiger partial charge in [0, 0.05) is 25.6 Å². The first-order valence-electron chi connectivity index (χ1n) is 9.44. The number of nitrogens with one attached hydrogen (secondary N) is 1. The maximum Gasteiger partial charge on any atom is 0.243 e. The second-order valence-corrected chi connectivity index (χ2v) is 8.83. The van der Waals surface area contributed by atoms with Gasteiger partial charge in [0.15, 0.2) is 0 Å². The Morgan fingerprint density at radius 2 is 1.86 bits per heavy atom. The minimum Gasteiger partial charge on any atom is -0.497 e. The molecule has 156 valence electrons. The fraction of sp³-hybridized carbons (Fsp3) is 0.381. The van der Waals surface area contributed by atoms with Crippen molar-refractivity contribution in [1.82, 2.24) is 9.62 Å². The van der Waals surface area contributed by atoms with Gasteiger partial charge in [0.25, 0.3) is 0 Å². The number of rotatable bonds is 7. The molecule has 2 aromatic rings. The van der Waals surface area contributed by atoms with E-state index in [1.807, 2.05) is 6.07 Å².